The van der Waals surface area contributed by atoms with Crippen LogP contribution in [0.4, 0.5) is 0 Å². The predicted octanol–water partition coefficient (Wildman–Crippen LogP) is 3.12. The Balaban J connectivity index is 2.94. The monoisotopic (exact) mass is 161 g/mol. The third kappa shape index (κ3) is 2.19. The van der Waals surface area contributed by atoms with Crippen LogP contribution in [0.5, 0.6) is 0 Å². The molecule has 64 valence electrons. The molecule has 0 aliphatic rings. The van der Waals surface area contributed by atoms with Crippen LogP contribution in [0.1, 0.15) is 30.2 Å². The molecule has 0 aliphatic heterocycles. The largest absolute Gasteiger partial charge is 0.261 e. The zero-order valence-corrected chi connectivity index (χ0v) is 7.96. The normalized spacial score (nSPS) is 10.9. The van der Waals surface area contributed by atoms with Crippen molar-refractivity contribution >= 4 is 6.08 Å². The Hall–Kier alpha value is -1.11. The van der Waals surface area contributed by atoms with Gasteiger partial charge in [0.15, 0.2) is 0 Å². The summed E-state index contributed by atoms with van der Waals surface area (Å²) in [6, 6.07) is 2.11. The summed E-state index contributed by atoms with van der Waals surface area (Å²) in [6.07, 6.45) is 7.28. The second-order valence-corrected chi connectivity index (χ2v) is 2.99. The molecular weight excluding hydrogens is 146 g/mol. The molecule has 0 spiro atoms. The fourth-order valence-electron chi connectivity index (χ4n) is 1.13. The molecule has 1 heteroatoms. The average molecular weight is 161 g/mol. The third-order valence-corrected chi connectivity index (χ3v) is 1.82. The van der Waals surface area contributed by atoms with E-state index in [1.807, 2.05) is 13.1 Å². The molecule has 0 unspecified atom stereocenters. The van der Waals surface area contributed by atoms with Gasteiger partial charge in [-0.3, -0.25) is 4.98 Å². The van der Waals surface area contributed by atoms with Crippen LogP contribution in [0.25, 0.3) is 6.08 Å². The van der Waals surface area contributed by atoms with E-state index in [0.717, 1.165) is 12.1 Å². The lowest BCUT2D eigenvalue weighted by Gasteiger charge is -1.99. The molecule has 0 saturated carbocycles. The summed E-state index contributed by atoms with van der Waals surface area (Å²) in [5.41, 5.74) is 3.61. The highest BCUT2D eigenvalue weighted by Crippen LogP contribution is 2.09. The van der Waals surface area contributed by atoms with Crippen LogP contribution in [0.3, 0.4) is 0 Å². The maximum Gasteiger partial charge on any atom is 0.0375 e. The summed E-state index contributed by atoms with van der Waals surface area (Å²) in [5.74, 6) is 0. The van der Waals surface area contributed by atoms with Crippen LogP contribution in [-0.4, -0.2) is 4.98 Å². The number of rotatable bonds is 2. The van der Waals surface area contributed by atoms with E-state index in [1.165, 1.54) is 11.1 Å². The highest BCUT2D eigenvalue weighted by atomic mass is 14.7. The Labute approximate surface area is 74.2 Å². The van der Waals surface area contributed by atoms with E-state index >= 15 is 0 Å². The topological polar surface area (TPSA) is 12.9 Å². The van der Waals surface area contributed by atoms with E-state index in [-0.39, 0.29) is 0 Å². The second-order valence-electron chi connectivity index (χ2n) is 2.99. The fourth-order valence-corrected chi connectivity index (χ4v) is 1.13. The quantitative estimate of drug-likeness (QED) is 0.649. The van der Waals surface area contributed by atoms with E-state index in [9.17, 15) is 0 Å². The van der Waals surface area contributed by atoms with Crippen LogP contribution in [0.2, 0.25) is 0 Å². The second kappa shape index (κ2) is 4.05. The molecule has 0 radical (unpaired) electrons. The minimum absolute atomic E-state index is 1.08. The number of allylic oxidation sites excluding steroid dienone is 1. The summed E-state index contributed by atoms with van der Waals surface area (Å²) < 4.78 is 0. The Morgan fingerprint density at radius 3 is 2.75 bits per heavy atom. The molecule has 0 amide bonds. The van der Waals surface area contributed by atoms with E-state index in [4.69, 9.17) is 0 Å². The molecular formula is C11H15N. The Bertz CT molecular complexity index is 287. The highest BCUT2D eigenvalue weighted by Gasteiger charge is 1.93. The zero-order chi connectivity index (χ0) is 8.97. The van der Waals surface area contributed by atoms with E-state index < -0.39 is 0 Å². The van der Waals surface area contributed by atoms with Crippen LogP contribution in [-0.2, 0) is 0 Å². The standard InChI is InChI=1S/C11H15N/c1-4-5-6-11-8-12-10(3)7-9(11)2/h5-8H,4H2,1-3H3/b6-5-. The van der Waals surface area contributed by atoms with Crippen molar-refractivity contribution in [1.82, 2.24) is 4.98 Å². The molecule has 12 heavy (non-hydrogen) atoms. The van der Waals surface area contributed by atoms with Crippen molar-refractivity contribution in [3.8, 4) is 0 Å². The van der Waals surface area contributed by atoms with Gasteiger partial charge < -0.3 is 0 Å². The van der Waals surface area contributed by atoms with Gasteiger partial charge in [0, 0.05) is 11.9 Å². The highest BCUT2D eigenvalue weighted by molar-refractivity contribution is 5.52. The van der Waals surface area contributed by atoms with Crippen molar-refractivity contribution < 1.29 is 0 Å². The number of aryl methyl sites for hydroxylation is 2. The van der Waals surface area contributed by atoms with E-state index in [2.05, 4.69) is 37.0 Å². The molecule has 0 saturated heterocycles. The van der Waals surface area contributed by atoms with Crippen LogP contribution in [0, 0.1) is 13.8 Å². The van der Waals surface area contributed by atoms with Crippen LogP contribution in [0.15, 0.2) is 18.3 Å². The molecule has 1 aromatic heterocycles. The summed E-state index contributed by atoms with van der Waals surface area (Å²) in [7, 11) is 0. The van der Waals surface area contributed by atoms with Gasteiger partial charge in [-0.2, -0.15) is 0 Å². The van der Waals surface area contributed by atoms with Crippen molar-refractivity contribution in [1.29, 1.82) is 0 Å². The van der Waals surface area contributed by atoms with Crippen molar-refractivity contribution in [2.45, 2.75) is 27.2 Å². The lowest BCUT2D eigenvalue weighted by molar-refractivity contribution is 1.16. The van der Waals surface area contributed by atoms with Crippen molar-refractivity contribution in [3.05, 3.63) is 35.2 Å². The number of pyridine rings is 1. The van der Waals surface area contributed by atoms with Gasteiger partial charge in [-0.25, -0.2) is 0 Å². The van der Waals surface area contributed by atoms with Crippen LogP contribution < -0.4 is 0 Å². The predicted molar refractivity (Wildman–Crippen MR) is 53.0 cm³/mol. The molecule has 0 fully saturated rings. The van der Waals surface area contributed by atoms with Crippen LogP contribution >= 0.6 is 0 Å². The minimum Gasteiger partial charge on any atom is -0.261 e. The Morgan fingerprint density at radius 1 is 1.42 bits per heavy atom. The first-order valence-corrected chi connectivity index (χ1v) is 4.34. The van der Waals surface area contributed by atoms with E-state index in [0.29, 0.717) is 0 Å². The van der Waals surface area contributed by atoms with Gasteiger partial charge in [0.2, 0.25) is 0 Å². The Kier molecular flexibility index (Phi) is 3.03. The fraction of sp³-hybridized carbons (Fsp3) is 0.364. The van der Waals surface area contributed by atoms with Crippen molar-refractivity contribution in [2.75, 3.05) is 0 Å². The van der Waals surface area contributed by atoms with Gasteiger partial charge in [0.25, 0.3) is 0 Å². The Morgan fingerprint density at radius 2 is 2.17 bits per heavy atom. The number of aromatic nitrogens is 1. The SMILES string of the molecule is CC/C=C\c1cnc(C)cc1C. The third-order valence-electron chi connectivity index (χ3n) is 1.82. The maximum absolute atomic E-state index is 4.24. The molecule has 0 bridgehead atoms. The molecule has 1 aromatic rings. The van der Waals surface area contributed by atoms with Crippen molar-refractivity contribution in [2.24, 2.45) is 0 Å². The minimum atomic E-state index is 1.08. The summed E-state index contributed by atoms with van der Waals surface area (Å²) in [6.45, 7) is 6.26. The van der Waals surface area contributed by atoms with Gasteiger partial charge in [0.1, 0.15) is 0 Å². The number of hydrogen-bond acceptors (Lipinski definition) is 1. The molecule has 1 heterocycles. The smallest absolute Gasteiger partial charge is 0.0375 e. The summed E-state index contributed by atoms with van der Waals surface area (Å²) in [4.78, 5) is 4.24. The molecule has 0 atom stereocenters. The first-order chi connectivity index (χ1) is 5.74. The van der Waals surface area contributed by atoms with Gasteiger partial charge in [-0.1, -0.05) is 19.1 Å². The molecule has 1 nitrogen and oxygen atoms in total. The number of nitrogens with zero attached hydrogens (tertiary/aromatic N) is 1. The number of hydrogen-bond donors (Lipinski definition) is 0. The average Bonchev–Trinajstić information content (AvgIpc) is 2.03. The summed E-state index contributed by atoms with van der Waals surface area (Å²) in [5, 5.41) is 0. The lowest BCUT2D eigenvalue weighted by atomic mass is 10.1. The van der Waals surface area contributed by atoms with Gasteiger partial charge in [-0.15, -0.1) is 0 Å². The molecule has 0 N–H and O–H groups in total. The van der Waals surface area contributed by atoms with Gasteiger partial charge in [0.05, 0.1) is 0 Å². The zero-order valence-electron chi connectivity index (χ0n) is 7.96. The van der Waals surface area contributed by atoms with Crippen molar-refractivity contribution in [3.63, 3.8) is 0 Å². The molecule has 0 aliphatic carbocycles. The first kappa shape index (κ1) is 8.98. The molecule has 1 rings (SSSR count). The molecule has 0 aromatic carbocycles. The lowest BCUT2D eigenvalue weighted by Crippen LogP contribution is -1.86. The van der Waals surface area contributed by atoms with Gasteiger partial charge >= 0.3 is 0 Å². The maximum atomic E-state index is 4.24. The summed E-state index contributed by atoms with van der Waals surface area (Å²) >= 11 is 0. The first-order valence-electron chi connectivity index (χ1n) is 4.34. The van der Waals surface area contributed by atoms with Gasteiger partial charge in [-0.05, 0) is 37.5 Å². The van der Waals surface area contributed by atoms with E-state index in [1.54, 1.807) is 0 Å².